The molecule has 24 heavy (non-hydrogen) atoms. The number of halogens is 2. The summed E-state index contributed by atoms with van der Waals surface area (Å²) in [6.45, 7) is 0. The van der Waals surface area contributed by atoms with Crippen LogP contribution in [-0.4, -0.2) is 19.6 Å². The lowest BCUT2D eigenvalue weighted by atomic mass is 9.95. The third-order valence-electron chi connectivity index (χ3n) is 5.08. The van der Waals surface area contributed by atoms with Crippen molar-refractivity contribution >= 4 is 45.9 Å². The molecule has 2 saturated carbocycles. The van der Waals surface area contributed by atoms with E-state index in [1.807, 2.05) is 28.8 Å². The quantitative estimate of drug-likeness (QED) is 0.414. The average molecular weight is 383 g/mol. The van der Waals surface area contributed by atoms with Gasteiger partial charge in [0.05, 0.1) is 10.9 Å². The summed E-state index contributed by atoms with van der Waals surface area (Å²) in [6, 6.07) is 7.89. The molecule has 1 heterocycles. The van der Waals surface area contributed by atoms with Gasteiger partial charge in [-0.05, 0) is 31.4 Å². The molecular formula is C18H20Cl2N2OS. The molecule has 0 saturated heterocycles. The number of fused-ring (bicyclic) bond motifs is 1. The summed E-state index contributed by atoms with van der Waals surface area (Å²) in [6.07, 6.45) is 6.58. The first-order chi connectivity index (χ1) is 11.6. The van der Waals surface area contributed by atoms with Crippen LogP contribution in [0.25, 0.3) is 10.9 Å². The van der Waals surface area contributed by atoms with Crippen LogP contribution in [0.3, 0.4) is 0 Å². The minimum atomic E-state index is -0.584. The fourth-order valence-corrected chi connectivity index (χ4v) is 5.51. The molecule has 4 rings (SSSR count). The van der Waals surface area contributed by atoms with Gasteiger partial charge in [0.2, 0.25) is 0 Å². The average Bonchev–Trinajstić information content (AvgIpc) is 3.21. The summed E-state index contributed by atoms with van der Waals surface area (Å²) in [5.41, 5.74) is 0.865. The molecule has 2 aliphatic rings. The number of benzene rings is 1. The van der Waals surface area contributed by atoms with Crippen molar-refractivity contribution in [2.45, 2.75) is 54.1 Å². The van der Waals surface area contributed by atoms with Crippen molar-refractivity contribution in [1.82, 2.24) is 9.55 Å². The van der Waals surface area contributed by atoms with Gasteiger partial charge < -0.3 is 0 Å². The van der Waals surface area contributed by atoms with Gasteiger partial charge in [-0.25, -0.2) is 4.98 Å². The third kappa shape index (κ3) is 3.21. The summed E-state index contributed by atoms with van der Waals surface area (Å²) in [7, 11) is 0. The van der Waals surface area contributed by atoms with E-state index < -0.39 is 4.33 Å². The zero-order chi connectivity index (χ0) is 16.7. The predicted octanol–water partition coefficient (Wildman–Crippen LogP) is 5.19. The summed E-state index contributed by atoms with van der Waals surface area (Å²) in [5, 5.41) is 1.53. The SMILES string of the molecule is O=c1c2ccccc2nc(SCC2CC2(Cl)Cl)n1C1CCCCC1. The number of rotatable bonds is 4. The Morgan fingerprint density at radius 3 is 2.62 bits per heavy atom. The number of para-hydroxylation sites is 1. The van der Waals surface area contributed by atoms with Gasteiger partial charge in [-0.1, -0.05) is 43.2 Å². The van der Waals surface area contributed by atoms with Crippen LogP contribution >= 0.6 is 35.0 Å². The highest BCUT2D eigenvalue weighted by Gasteiger charge is 2.51. The van der Waals surface area contributed by atoms with E-state index in [-0.39, 0.29) is 17.5 Å². The number of thioether (sulfide) groups is 1. The lowest BCUT2D eigenvalue weighted by Crippen LogP contribution is -2.29. The molecular weight excluding hydrogens is 363 g/mol. The van der Waals surface area contributed by atoms with E-state index in [2.05, 4.69) is 0 Å². The van der Waals surface area contributed by atoms with Crippen LogP contribution in [-0.2, 0) is 0 Å². The van der Waals surface area contributed by atoms with Gasteiger partial charge in [-0.15, -0.1) is 23.2 Å². The molecule has 0 bridgehead atoms. The molecule has 1 atom stereocenters. The second-order valence-electron chi connectivity index (χ2n) is 6.85. The van der Waals surface area contributed by atoms with Crippen LogP contribution in [0.5, 0.6) is 0 Å². The molecule has 0 amide bonds. The summed E-state index contributed by atoms with van der Waals surface area (Å²) >= 11 is 13.9. The molecule has 128 valence electrons. The Hall–Kier alpha value is -0.710. The molecule has 2 aliphatic carbocycles. The molecule has 1 aromatic heterocycles. The smallest absolute Gasteiger partial charge is 0.262 e. The number of hydrogen-bond acceptors (Lipinski definition) is 3. The van der Waals surface area contributed by atoms with E-state index in [0.717, 1.165) is 35.7 Å². The number of aromatic nitrogens is 2. The predicted molar refractivity (Wildman–Crippen MR) is 101 cm³/mol. The van der Waals surface area contributed by atoms with Crippen LogP contribution in [0.2, 0.25) is 0 Å². The Kier molecular flexibility index (Phi) is 4.57. The van der Waals surface area contributed by atoms with Crippen LogP contribution < -0.4 is 5.56 Å². The number of nitrogens with zero attached hydrogens (tertiary/aromatic N) is 2. The summed E-state index contributed by atoms with van der Waals surface area (Å²) in [5.74, 6) is 1.10. The maximum atomic E-state index is 13.1. The van der Waals surface area contributed by atoms with Crippen molar-refractivity contribution in [2.75, 3.05) is 5.75 Å². The maximum absolute atomic E-state index is 13.1. The maximum Gasteiger partial charge on any atom is 0.262 e. The van der Waals surface area contributed by atoms with Crippen molar-refractivity contribution in [3.63, 3.8) is 0 Å². The zero-order valence-corrected chi connectivity index (χ0v) is 15.7. The number of alkyl halides is 2. The van der Waals surface area contributed by atoms with Crippen LogP contribution in [0.15, 0.2) is 34.2 Å². The second kappa shape index (κ2) is 6.54. The highest BCUT2D eigenvalue weighted by Crippen LogP contribution is 2.54. The Morgan fingerprint density at radius 1 is 1.21 bits per heavy atom. The molecule has 0 spiro atoms. The van der Waals surface area contributed by atoms with Gasteiger partial charge in [0.15, 0.2) is 5.16 Å². The van der Waals surface area contributed by atoms with Crippen molar-refractivity contribution < 1.29 is 0 Å². The third-order valence-corrected chi connectivity index (χ3v) is 7.13. The zero-order valence-electron chi connectivity index (χ0n) is 13.4. The Balaban J connectivity index is 1.72. The lowest BCUT2D eigenvalue weighted by molar-refractivity contribution is 0.326. The molecule has 2 aromatic rings. The van der Waals surface area contributed by atoms with Crippen molar-refractivity contribution in [3.8, 4) is 0 Å². The highest BCUT2D eigenvalue weighted by molar-refractivity contribution is 7.99. The van der Waals surface area contributed by atoms with Gasteiger partial charge in [0, 0.05) is 17.7 Å². The Bertz CT molecular complexity index is 814. The molecule has 1 unspecified atom stereocenters. The number of hydrogen-bond donors (Lipinski definition) is 0. The van der Waals surface area contributed by atoms with E-state index in [4.69, 9.17) is 28.2 Å². The van der Waals surface area contributed by atoms with E-state index in [1.165, 1.54) is 19.3 Å². The highest BCUT2D eigenvalue weighted by atomic mass is 35.5. The van der Waals surface area contributed by atoms with Gasteiger partial charge in [0.25, 0.3) is 5.56 Å². The van der Waals surface area contributed by atoms with Gasteiger partial charge in [-0.2, -0.15) is 0 Å². The molecule has 1 aromatic carbocycles. The van der Waals surface area contributed by atoms with Crippen molar-refractivity contribution in [3.05, 3.63) is 34.6 Å². The molecule has 0 N–H and O–H groups in total. The summed E-state index contributed by atoms with van der Waals surface area (Å²) < 4.78 is 1.36. The molecule has 6 heteroatoms. The van der Waals surface area contributed by atoms with E-state index in [0.29, 0.717) is 5.39 Å². The van der Waals surface area contributed by atoms with Gasteiger partial charge in [-0.3, -0.25) is 9.36 Å². The van der Waals surface area contributed by atoms with Crippen LogP contribution in [0.1, 0.15) is 44.6 Å². The first-order valence-electron chi connectivity index (χ1n) is 8.58. The molecule has 0 radical (unpaired) electrons. The normalized spacial score (nSPS) is 23.5. The molecule has 3 nitrogen and oxygen atoms in total. The second-order valence-corrected chi connectivity index (χ2v) is 9.38. The fourth-order valence-electron chi connectivity index (χ4n) is 3.51. The first kappa shape index (κ1) is 16.7. The van der Waals surface area contributed by atoms with Gasteiger partial charge in [0.1, 0.15) is 4.33 Å². The molecule has 2 fully saturated rings. The lowest BCUT2D eigenvalue weighted by Gasteiger charge is -2.26. The summed E-state index contributed by atoms with van der Waals surface area (Å²) in [4.78, 5) is 17.9. The standard InChI is InChI=1S/C18H20Cl2N2OS/c19-18(20)10-12(18)11-24-17-21-15-9-5-4-8-14(15)16(23)22(17)13-6-2-1-3-7-13/h4-5,8-9,12-13H,1-3,6-7,10-11H2. The topological polar surface area (TPSA) is 34.9 Å². The van der Waals surface area contributed by atoms with E-state index >= 15 is 0 Å². The largest absolute Gasteiger partial charge is 0.284 e. The fraction of sp³-hybridized carbons (Fsp3) is 0.556. The minimum absolute atomic E-state index is 0.0915. The minimum Gasteiger partial charge on any atom is -0.284 e. The first-order valence-corrected chi connectivity index (χ1v) is 10.3. The molecule has 0 aliphatic heterocycles. The van der Waals surface area contributed by atoms with Crippen molar-refractivity contribution in [2.24, 2.45) is 5.92 Å². The van der Waals surface area contributed by atoms with Crippen molar-refractivity contribution in [1.29, 1.82) is 0 Å². The van der Waals surface area contributed by atoms with E-state index in [1.54, 1.807) is 11.8 Å². The van der Waals surface area contributed by atoms with E-state index in [9.17, 15) is 4.79 Å². The monoisotopic (exact) mass is 382 g/mol. The van der Waals surface area contributed by atoms with Crippen LogP contribution in [0, 0.1) is 5.92 Å². The van der Waals surface area contributed by atoms with Gasteiger partial charge >= 0.3 is 0 Å². The Labute approximate surface area is 155 Å². The Morgan fingerprint density at radius 2 is 1.92 bits per heavy atom. The van der Waals surface area contributed by atoms with Crippen LogP contribution in [0.4, 0.5) is 0 Å².